The highest BCUT2D eigenvalue weighted by atomic mass is 15.6. The summed E-state index contributed by atoms with van der Waals surface area (Å²) in [4.78, 5) is 1.48. The van der Waals surface area contributed by atoms with Gasteiger partial charge in [0, 0.05) is 12.5 Å². The molecule has 1 N–H and O–H groups in total. The topological polar surface area (TPSA) is 81.4 Å². The number of aromatic nitrogens is 6. The fourth-order valence-electron chi connectivity index (χ4n) is 2.24. The van der Waals surface area contributed by atoms with E-state index in [1.165, 1.54) is 10.4 Å². The summed E-state index contributed by atoms with van der Waals surface area (Å²) in [7, 11) is 1.77. The molecule has 7 nitrogen and oxygen atoms in total. The van der Waals surface area contributed by atoms with Crippen molar-refractivity contribution in [3.8, 4) is 0 Å². The quantitative estimate of drug-likeness (QED) is 0.838. The Hall–Kier alpha value is -1.89. The average Bonchev–Trinajstić information content (AvgIpc) is 2.84. The summed E-state index contributed by atoms with van der Waals surface area (Å²) in [6.07, 6.45) is 1.55. The van der Waals surface area contributed by atoms with Crippen LogP contribution in [-0.2, 0) is 19.9 Å². The van der Waals surface area contributed by atoms with E-state index < -0.39 is 0 Å². The molecule has 108 valence electrons. The number of nitrogens with zero attached hydrogens (tertiary/aromatic N) is 6. The summed E-state index contributed by atoms with van der Waals surface area (Å²) in [5.74, 6) is 0.731. The minimum Gasteiger partial charge on any atom is -0.310 e. The van der Waals surface area contributed by atoms with Crippen molar-refractivity contribution in [2.45, 2.75) is 39.7 Å². The number of aryl methyl sites for hydroxylation is 3. The second-order valence-electron chi connectivity index (χ2n) is 4.75. The number of hydrogen-bond donors (Lipinski definition) is 1. The lowest BCUT2D eigenvalue weighted by molar-refractivity contribution is 0.526. The smallest absolute Gasteiger partial charge is 0.176 e. The number of likely N-dealkylation sites (N-methyl/N-ethyl adjacent to an activating group) is 1. The van der Waals surface area contributed by atoms with E-state index in [1.807, 2.05) is 6.92 Å². The van der Waals surface area contributed by atoms with Crippen LogP contribution in [0.25, 0.3) is 0 Å². The van der Waals surface area contributed by atoms with Crippen LogP contribution >= 0.6 is 0 Å². The molecule has 1 unspecified atom stereocenters. The predicted molar refractivity (Wildman–Crippen MR) is 75.1 cm³/mol. The van der Waals surface area contributed by atoms with Crippen LogP contribution in [0, 0.1) is 6.92 Å². The molecule has 7 heteroatoms. The van der Waals surface area contributed by atoms with Gasteiger partial charge in [-0.15, -0.1) is 10.2 Å². The summed E-state index contributed by atoms with van der Waals surface area (Å²) in [6, 6.07) is 2.23. The number of tetrazole rings is 1. The monoisotopic (exact) mass is 275 g/mol. The highest BCUT2D eigenvalue weighted by Crippen LogP contribution is 2.20. The molecule has 20 heavy (non-hydrogen) atoms. The third-order valence-electron chi connectivity index (χ3n) is 3.12. The molecule has 2 aromatic rings. The van der Waals surface area contributed by atoms with E-state index in [0.29, 0.717) is 6.42 Å². The van der Waals surface area contributed by atoms with Gasteiger partial charge in [0.2, 0.25) is 0 Å². The summed E-state index contributed by atoms with van der Waals surface area (Å²) < 4.78 is 0. The largest absolute Gasteiger partial charge is 0.310 e. The highest BCUT2D eigenvalue weighted by molar-refractivity contribution is 5.25. The molecule has 0 aliphatic heterocycles. The molecule has 0 spiro atoms. The molecule has 0 saturated heterocycles. The van der Waals surface area contributed by atoms with E-state index in [-0.39, 0.29) is 6.04 Å². The fourth-order valence-corrected chi connectivity index (χ4v) is 2.24. The molecule has 0 aliphatic carbocycles. The van der Waals surface area contributed by atoms with Crippen LogP contribution in [-0.4, -0.2) is 36.9 Å². The molecular weight excluding hydrogens is 254 g/mol. The van der Waals surface area contributed by atoms with Crippen LogP contribution in [0.15, 0.2) is 6.07 Å². The summed E-state index contributed by atoms with van der Waals surface area (Å²) in [5.41, 5.74) is 3.12. The maximum atomic E-state index is 4.30. The van der Waals surface area contributed by atoms with E-state index in [2.05, 4.69) is 50.8 Å². The van der Waals surface area contributed by atoms with E-state index >= 15 is 0 Å². The summed E-state index contributed by atoms with van der Waals surface area (Å²) in [6.45, 7) is 7.01. The Morgan fingerprint density at radius 2 is 2.05 bits per heavy atom. The van der Waals surface area contributed by atoms with Crippen LogP contribution < -0.4 is 5.32 Å². The van der Waals surface area contributed by atoms with Crippen molar-refractivity contribution >= 4 is 0 Å². The minimum absolute atomic E-state index is 0.133. The molecule has 2 aromatic heterocycles. The van der Waals surface area contributed by atoms with E-state index in [0.717, 1.165) is 30.2 Å². The van der Waals surface area contributed by atoms with Gasteiger partial charge in [0.25, 0.3) is 0 Å². The van der Waals surface area contributed by atoms with Crippen molar-refractivity contribution in [1.29, 1.82) is 0 Å². The Bertz CT molecular complexity index is 564. The zero-order valence-corrected chi connectivity index (χ0v) is 12.5. The molecule has 2 heterocycles. The molecule has 0 aromatic carbocycles. The van der Waals surface area contributed by atoms with Gasteiger partial charge in [0.1, 0.15) is 0 Å². The Labute approximate surface area is 118 Å². The number of hydrogen-bond acceptors (Lipinski definition) is 6. The number of rotatable bonds is 6. The predicted octanol–water partition coefficient (Wildman–Crippen LogP) is 0.764. The molecular formula is C13H21N7. The molecule has 0 saturated carbocycles. The Kier molecular flexibility index (Phi) is 4.73. The highest BCUT2D eigenvalue weighted by Gasteiger charge is 2.18. The van der Waals surface area contributed by atoms with Crippen molar-refractivity contribution in [2.24, 2.45) is 7.05 Å². The van der Waals surface area contributed by atoms with E-state index in [1.54, 1.807) is 7.05 Å². The summed E-state index contributed by atoms with van der Waals surface area (Å²) >= 11 is 0. The van der Waals surface area contributed by atoms with Gasteiger partial charge >= 0.3 is 0 Å². The lowest BCUT2D eigenvalue weighted by Gasteiger charge is -2.19. The van der Waals surface area contributed by atoms with E-state index in [9.17, 15) is 0 Å². The van der Waals surface area contributed by atoms with Crippen LogP contribution in [0.2, 0.25) is 0 Å². The molecule has 0 radical (unpaired) electrons. The lowest BCUT2D eigenvalue weighted by atomic mass is 10.00. The maximum Gasteiger partial charge on any atom is 0.176 e. The third-order valence-corrected chi connectivity index (χ3v) is 3.12. The first kappa shape index (κ1) is 14.5. The molecule has 0 amide bonds. The zero-order chi connectivity index (χ0) is 14.5. The molecule has 2 rings (SSSR count). The van der Waals surface area contributed by atoms with Crippen LogP contribution in [0.1, 0.15) is 42.7 Å². The van der Waals surface area contributed by atoms with Gasteiger partial charge in [-0.1, -0.05) is 13.8 Å². The Balaban J connectivity index is 2.30. The first-order chi connectivity index (χ1) is 9.63. The van der Waals surface area contributed by atoms with Crippen LogP contribution in [0.3, 0.4) is 0 Å². The van der Waals surface area contributed by atoms with Crippen LogP contribution in [0.4, 0.5) is 0 Å². The minimum atomic E-state index is 0.133. The van der Waals surface area contributed by atoms with Gasteiger partial charge < -0.3 is 5.32 Å². The normalized spacial score (nSPS) is 12.6. The van der Waals surface area contributed by atoms with Gasteiger partial charge in [-0.2, -0.15) is 15.0 Å². The Morgan fingerprint density at radius 3 is 2.65 bits per heavy atom. The van der Waals surface area contributed by atoms with Crippen LogP contribution in [0.5, 0.6) is 0 Å². The molecule has 0 bridgehead atoms. The average molecular weight is 275 g/mol. The van der Waals surface area contributed by atoms with Crippen molar-refractivity contribution in [1.82, 2.24) is 35.7 Å². The second-order valence-corrected chi connectivity index (χ2v) is 4.75. The van der Waals surface area contributed by atoms with Gasteiger partial charge in [-0.25, -0.2) is 0 Å². The van der Waals surface area contributed by atoms with Gasteiger partial charge in [-0.05, 0) is 36.7 Å². The molecule has 0 fully saturated rings. The zero-order valence-electron chi connectivity index (χ0n) is 12.5. The Morgan fingerprint density at radius 1 is 1.25 bits per heavy atom. The standard InChI is InChI=1S/C13H21N7/c1-5-11-10(7-9(3)15-16-11)12(14-6-2)8-13-17-19-20(4)18-13/h7,12,14H,5-6,8H2,1-4H3. The fraction of sp³-hybridized carbons (Fsp3) is 0.615. The van der Waals surface area contributed by atoms with Crippen molar-refractivity contribution in [2.75, 3.05) is 6.54 Å². The lowest BCUT2D eigenvalue weighted by Crippen LogP contribution is -2.25. The van der Waals surface area contributed by atoms with Crippen molar-refractivity contribution in [3.05, 3.63) is 28.8 Å². The van der Waals surface area contributed by atoms with Crippen molar-refractivity contribution < 1.29 is 0 Å². The second kappa shape index (κ2) is 6.51. The number of nitrogens with one attached hydrogen (secondary N) is 1. The van der Waals surface area contributed by atoms with Gasteiger partial charge in [0.05, 0.1) is 18.4 Å². The van der Waals surface area contributed by atoms with Crippen molar-refractivity contribution in [3.63, 3.8) is 0 Å². The van der Waals surface area contributed by atoms with E-state index in [4.69, 9.17) is 0 Å². The molecule has 0 aliphatic rings. The summed E-state index contributed by atoms with van der Waals surface area (Å²) in [5, 5.41) is 24.1. The maximum absolute atomic E-state index is 4.30. The molecule has 1 atom stereocenters. The first-order valence-electron chi connectivity index (χ1n) is 6.93. The first-order valence-corrected chi connectivity index (χ1v) is 6.93. The van der Waals surface area contributed by atoms with Gasteiger partial charge in [0.15, 0.2) is 5.82 Å². The SMILES string of the molecule is CCNC(Cc1nnn(C)n1)c1cc(C)nnc1CC. The van der Waals surface area contributed by atoms with Gasteiger partial charge in [-0.3, -0.25) is 0 Å². The third kappa shape index (κ3) is 3.36.